The fourth-order valence-electron chi connectivity index (χ4n) is 4.26. The Morgan fingerprint density at radius 3 is 2.67 bits per heavy atom. The van der Waals surface area contributed by atoms with Gasteiger partial charge in [-0.3, -0.25) is 0 Å². The van der Waals surface area contributed by atoms with Gasteiger partial charge in [0.15, 0.2) is 0 Å². The van der Waals surface area contributed by atoms with Gasteiger partial charge in [0.25, 0.3) is 0 Å². The first-order valence-corrected chi connectivity index (χ1v) is 8.73. The monoisotopic (exact) mass is 297 g/mol. The van der Waals surface area contributed by atoms with Crippen molar-refractivity contribution < 1.29 is 14.2 Å². The Kier molecular flexibility index (Phi) is 5.54. The van der Waals surface area contributed by atoms with E-state index < -0.39 is 0 Å². The highest BCUT2D eigenvalue weighted by atomic mass is 16.5. The Balaban J connectivity index is 1.61. The van der Waals surface area contributed by atoms with Crippen LogP contribution in [0.4, 0.5) is 0 Å². The minimum Gasteiger partial charge on any atom is -0.383 e. The fraction of sp³-hybridized carbons (Fsp3) is 1.00. The summed E-state index contributed by atoms with van der Waals surface area (Å²) in [4.78, 5) is 0. The van der Waals surface area contributed by atoms with E-state index in [0.29, 0.717) is 11.5 Å². The third kappa shape index (κ3) is 3.98. The van der Waals surface area contributed by atoms with Crippen LogP contribution in [0.2, 0.25) is 0 Å². The molecule has 122 valence electrons. The van der Waals surface area contributed by atoms with E-state index in [1.807, 2.05) is 0 Å². The fourth-order valence-corrected chi connectivity index (χ4v) is 4.26. The van der Waals surface area contributed by atoms with Crippen LogP contribution < -0.4 is 5.32 Å². The molecule has 3 aliphatic rings. The molecule has 2 saturated heterocycles. The SMILES string of the molecule is COCCNCC1(CC2CCOCC2)CCOC1C1CC1. The normalized spacial score (nSPS) is 34.4. The van der Waals surface area contributed by atoms with Crippen LogP contribution in [0.1, 0.15) is 38.5 Å². The van der Waals surface area contributed by atoms with Crippen LogP contribution in [0, 0.1) is 17.3 Å². The lowest BCUT2D eigenvalue weighted by molar-refractivity contribution is -0.00101. The van der Waals surface area contributed by atoms with Crippen molar-refractivity contribution in [2.75, 3.05) is 46.6 Å². The molecule has 0 aromatic heterocycles. The van der Waals surface area contributed by atoms with Crippen molar-refractivity contribution in [1.29, 1.82) is 0 Å². The summed E-state index contributed by atoms with van der Waals surface area (Å²) in [5.41, 5.74) is 0.358. The minimum atomic E-state index is 0.358. The van der Waals surface area contributed by atoms with E-state index in [4.69, 9.17) is 14.2 Å². The molecule has 2 atom stereocenters. The molecule has 4 nitrogen and oxygen atoms in total. The smallest absolute Gasteiger partial charge is 0.0672 e. The number of hydrogen-bond acceptors (Lipinski definition) is 4. The Labute approximate surface area is 128 Å². The standard InChI is InChI=1S/C17H31NO3/c1-19-11-7-18-13-17(12-14-4-8-20-9-5-14)6-10-21-16(17)15-2-3-15/h14-16,18H,2-13H2,1H3. The number of hydrogen-bond donors (Lipinski definition) is 1. The first-order valence-electron chi connectivity index (χ1n) is 8.73. The van der Waals surface area contributed by atoms with Crippen LogP contribution >= 0.6 is 0 Å². The average molecular weight is 297 g/mol. The molecular formula is C17H31NO3. The topological polar surface area (TPSA) is 39.7 Å². The van der Waals surface area contributed by atoms with Crippen molar-refractivity contribution in [2.24, 2.45) is 17.3 Å². The number of ether oxygens (including phenoxy) is 3. The lowest BCUT2D eigenvalue weighted by Gasteiger charge is -2.38. The van der Waals surface area contributed by atoms with E-state index in [0.717, 1.165) is 51.4 Å². The summed E-state index contributed by atoms with van der Waals surface area (Å²) in [6.45, 7) is 5.69. The largest absolute Gasteiger partial charge is 0.383 e. The van der Waals surface area contributed by atoms with Gasteiger partial charge >= 0.3 is 0 Å². The lowest BCUT2D eigenvalue weighted by Crippen LogP contribution is -2.44. The molecule has 3 rings (SSSR count). The Hall–Kier alpha value is -0.160. The van der Waals surface area contributed by atoms with Crippen molar-refractivity contribution in [3.8, 4) is 0 Å². The predicted octanol–water partition coefficient (Wildman–Crippen LogP) is 2.22. The molecule has 21 heavy (non-hydrogen) atoms. The zero-order valence-electron chi connectivity index (χ0n) is 13.4. The molecule has 4 heteroatoms. The van der Waals surface area contributed by atoms with Crippen LogP contribution in [0.5, 0.6) is 0 Å². The van der Waals surface area contributed by atoms with Gasteiger partial charge in [-0.25, -0.2) is 0 Å². The van der Waals surface area contributed by atoms with Crippen molar-refractivity contribution in [2.45, 2.75) is 44.6 Å². The summed E-state index contributed by atoms with van der Waals surface area (Å²) < 4.78 is 16.9. The van der Waals surface area contributed by atoms with E-state index in [1.54, 1.807) is 7.11 Å². The van der Waals surface area contributed by atoms with Crippen molar-refractivity contribution in [3.63, 3.8) is 0 Å². The second-order valence-corrected chi connectivity index (χ2v) is 7.17. The van der Waals surface area contributed by atoms with Gasteiger partial charge in [-0.15, -0.1) is 0 Å². The highest BCUT2D eigenvalue weighted by molar-refractivity contribution is 5.01. The molecule has 2 aliphatic heterocycles. The molecule has 0 radical (unpaired) electrons. The first-order chi connectivity index (χ1) is 10.3. The molecule has 0 aromatic rings. The molecule has 1 N–H and O–H groups in total. The molecule has 1 aliphatic carbocycles. The maximum atomic E-state index is 6.19. The van der Waals surface area contributed by atoms with Crippen molar-refractivity contribution in [1.82, 2.24) is 5.32 Å². The van der Waals surface area contributed by atoms with Crippen molar-refractivity contribution in [3.05, 3.63) is 0 Å². The molecular weight excluding hydrogens is 266 g/mol. The molecule has 1 saturated carbocycles. The van der Waals surface area contributed by atoms with Gasteiger partial charge < -0.3 is 19.5 Å². The Morgan fingerprint density at radius 2 is 1.95 bits per heavy atom. The first kappa shape index (κ1) is 15.7. The second kappa shape index (κ2) is 7.40. The number of rotatable bonds is 8. The maximum absolute atomic E-state index is 6.19. The van der Waals surface area contributed by atoms with Gasteiger partial charge in [-0.1, -0.05) is 0 Å². The van der Waals surface area contributed by atoms with Crippen LogP contribution in [0.15, 0.2) is 0 Å². The Bertz CT molecular complexity index is 315. The highest BCUT2D eigenvalue weighted by Crippen LogP contribution is 2.51. The molecule has 2 heterocycles. The average Bonchev–Trinajstić information content (AvgIpc) is 3.27. The number of nitrogens with one attached hydrogen (secondary N) is 1. The molecule has 0 aromatic carbocycles. The third-order valence-corrected chi connectivity index (χ3v) is 5.55. The molecule has 0 spiro atoms. The van der Waals surface area contributed by atoms with Gasteiger partial charge in [0, 0.05) is 45.4 Å². The van der Waals surface area contributed by atoms with E-state index in [1.165, 1.54) is 38.5 Å². The molecule has 0 bridgehead atoms. The lowest BCUT2D eigenvalue weighted by atomic mass is 9.71. The van der Waals surface area contributed by atoms with Crippen LogP contribution in [-0.4, -0.2) is 52.7 Å². The predicted molar refractivity (Wildman–Crippen MR) is 82.4 cm³/mol. The third-order valence-electron chi connectivity index (χ3n) is 5.55. The van der Waals surface area contributed by atoms with Crippen LogP contribution in [-0.2, 0) is 14.2 Å². The van der Waals surface area contributed by atoms with Gasteiger partial charge in [-0.2, -0.15) is 0 Å². The van der Waals surface area contributed by atoms with E-state index in [2.05, 4.69) is 5.32 Å². The van der Waals surface area contributed by atoms with Crippen molar-refractivity contribution >= 4 is 0 Å². The van der Waals surface area contributed by atoms with Gasteiger partial charge in [-0.05, 0) is 50.4 Å². The summed E-state index contributed by atoms with van der Waals surface area (Å²) >= 11 is 0. The zero-order valence-corrected chi connectivity index (χ0v) is 13.4. The van der Waals surface area contributed by atoms with Crippen LogP contribution in [0.25, 0.3) is 0 Å². The second-order valence-electron chi connectivity index (χ2n) is 7.17. The minimum absolute atomic E-state index is 0.358. The summed E-state index contributed by atoms with van der Waals surface area (Å²) in [6, 6.07) is 0. The van der Waals surface area contributed by atoms with E-state index in [-0.39, 0.29) is 0 Å². The molecule has 0 amide bonds. The highest BCUT2D eigenvalue weighted by Gasteiger charge is 2.51. The molecule has 2 unspecified atom stereocenters. The van der Waals surface area contributed by atoms with Gasteiger partial charge in [0.1, 0.15) is 0 Å². The summed E-state index contributed by atoms with van der Waals surface area (Å²) in [7, 11) is 1.77. The quantitative estimate of drug-likeness (QED) is 0.697. The summed E-state index contributed by atoms with van der Waals surface area (Å²) in [5, 5.41) is 3.64. The summed E-state index contributed by atoms with van der Waals surface area (Å²) in [6.07, 6.45) is 8.25. The zero-order chi connectivity index (χ0) is 14.5. The number of methoxy groups -OCH3 is 1. The Morgan fingerprint density at radius 1 is 1.14 bits per heavy atom. The molecule has 3 fully saturated rings. The van der Waals surface area contributed by atoms with E-state index >= 15 is 0 Å². The van der Waals surface area contributed by atoms with Gasteiger partial charge in [0.05, 0.1) is 12.7 Å². The van der Waals surface area contributed by atoms with Gasteiger partial charge in [0.2, 0.25) is 0 Å². The van der Waals surface area contributed by atoms with Crippen LogP contribution in [0.3, 0.4) is 0 Å². The maximum Gasteiger partial charge on any atom is 0.0672 e. The summed E-state index contributed by atoms with van der Waals surface area (Å²) in [5.74, 6) is 1.66. The van der Waals surface area contributed by atoms with E-state index in [9.17, 15) is 0 Å².